The maximum Gasteiger partial charge on any atom is 0.341 e. The number of nitrogens with zero attached hydrogens (tertiary/aromatic N) is 1. The number of hydrogen-bond acceptors (Lipinski definition) is 5. The van der Waals surface area contributed by atoms with Crippen molar-refractivity contribution >= 4 is 5.97 Å². The second kappa shape index (κ2) is 6.15. The molecule has 1 N–H and O–H groups in total. The van der Waals surface area contributed by atoms with Gasteiger partial charge in [0.05, 0.1) is 19.2 Å². The molecule has 2 aromatic heterocycles. The fourth-order valence-electron chi connectivity index (χ4n) is 1.70. The molecule has 0 radical (unpaired) electrons. The molecule has 0 aliphatic carbocycles. The number of rotatable bonds is 5. The summed E-state index contributed by atoms with van der Waals surface area (Å²) in [6.45, 7) is 2.58. The van der Waals surface area contributed by atoms with Gasteiger partial charge in [0.25, 0.3) is 0 Å². The average Bonchev–Trinajstić information content (AvgIpc) is 2.93. The predicted octanol–water partition coefficient (Wildman–Crippen LogP) is 2.31. The summed E-state index contributed by atoms with van der Waals surface area (Å²) in [5.41, 5.74) is 1.52. The van der Waals surface area contributed by atoms with Crippen LogP contribution in [0.5, 0.6) is 0 Å². The molecule has 2 aromatic rings. The first kappa shape index (κ1) is 13.3. The number of furan rings is 1. The summed E-state index contributed by atoms with van der Waals surface area (Å²) in [6, 6.07) is 5.73. The third-order valence-electron chi connectivity index (χ3n) is 2.84. The number of carbonyl (C=O) groups excluding carboxylic acids is 1. The van der Waals surface area contributed by atoms with E-state index in [4.69, 9.17) is 4.42 Å². The molecular weight excluding hydrogens is 244 g/mol. The van der Waals surface area contributed by atoms with Crippen LogP contribution in [-0.2, 0) is 11.3 Å². The summed E-state index contributed by atoms with van der Waals surface area (Å²) in [7, 11) is 1.34. The SMILES string of the molecule is COC(=O)c1coc(CN[C@@H](C)c2cccnc2)c1. The maximum atomic E-state index is 11.3. The normalized spacial score (nSPS) is 12.1. The Morgan fingerprint density at radius 3 is 3.11 bits per heavy atom. The Hall–Kier alpha value is -2.14. The lowest BCUT2D eigenvalue weighted by molar-refractivity contribution is 0.0600. The minimum atomic E-state index is -0.393. The van der Waals surface area contributed by atoms with E-state index in [9.17, 15) is 4.79 Å². The van der Waals surface area contributed by atoms with E-state index in [1.54, 1.807) is 12.3 Å². The summed E-state index contributed by atoms with van der Waals surface area (Å²) in [5.74, 6) is 0.298. The molecule has 0 fully saturated rings. The zero-order valence-electron chi connectivity index (χ0n) is 10.9. The van der Waals surface area contributed by atoms with E-state index >= 15 is 0 Å². The molecule has 0 bridgehead atoms. The van der Waals surface area contributed by atoms with Gasteiger partial charge in [0.15, 0.2) is 0 Å². The monoisotopic (exact) mass is 260 g/mol. The third-order valence-corrected chi connectivity index (χ3v) is 2.84. The maximum absolute atomic E-state index is 11.3. The number of nitrogens with one attached hydrogen (secondary N) is 1. The number of aromatic nitrogens is 1. The quantitative estimate of drug-likeness (QED) is 0.836. The number of carbonyl (C=O) groups is 1. The lowest BCUT2D eigenvalue weighted by Gasteiger charge is -2.12. The van der Waals surface area contributed by atoms with Crippen LogP contribution < -0.4 is 5.32 Å². The van der Waals surface area contributed by atoms with Gasteiger partial charge in [-0.2, -0.15) is 0 Å². The van der Waals surface area contributed by atoms with Crippen LogP contribution in [0.1, 0.15) is 34.6 Å². The van der Waals surface area contributed by atoms with Crippen LogP contribution >= 0.6 is 0 Å². The van der Waals surface area contributed by atoms with Crippen LogP contribution in [0.25, 0.3) is 0 Å². The Morgan fingerprint density at radius 2 is 2.42 bits per heavy atom. The molecular formula is C14H16N2O3. The minimum absolute atomic E-state index is 0.153. The highest BCUT2D eigenvalue weighted by Gasteiger charge is 2.11. The average molecular weight is 260 g/mol. The molecule has 2 rings (SSSR count). The van der Waals surface area contributed by atoms with Gasteiger partial charge in [-0.25, -0.2) is 4.79 Å². The summed E-state index contributed by atoms with van der Waals surface area (Å²) in [6.07, 6.45) is 4.96. The predicted molar refractivity (Wildman–Crippen MR) is 69.5 cm³/mol. The van der Waals surface area contributed by atoms with Crippen LogP contribution in [0, 0.1) is 0 Å². The minimum Gasteiger partial charge on any atom is -0.467 e. The summed E-state index contributed by atoms with van der Waals surface area (Å²) in [5, 5.41) is 3.30. The van der Waals surface area contributed by atoms with Crippen molar-refractivity contribution in [2.24, 2.45) is 0 Å². The molecule has 5 nitrogen and oxygen atoms in total. The van der Waals surface area contributed by atoms with Crippen molar-refractivity contribution in [3.63, 3.8) is 0 Å². The molecule has 0 aliphatic rings. The number of ether oxygens (including phenoxy) is 1. The van der Waals surface area contributed by atoms with Crippen molar-refractivity contribution in [3.8, 4) is 0 Å². The van der Waals surface area contributed by atoms with Crippen LogP contribution in [0.15, 0.2) is 41.3 Å². The zero-order chi connectivity index (χ0) is 13.7. The highest BCUT2D eigenvalue weighted by molar-refractivity contribution is 5.88. The molecule has 0 aliphatic heterocycles. The van der Waals surface area contributed by atoms with Crippen LogP contribution in [0.4, 0.5) is 0 Å². The van der Waals surface area contributed by atoms with Gasteiger partial charge in [0, 0.05) is 18.4 Å². The van der Waals surface area contributed by atoms with Gasteiger partial charge in [0.2, 0.25) is 0 Å². The Labute approximate surface area is 111 Å². The van der Waals surface area contributed by atoms with Crippen LogP contribution in [-0.4, -0.2) is 18.1 Å². The van der Waals surface area contributed by atoms with E-state index in [0.29, 0.717) is 17.9 Å². The van der Waals surface area contributed by atoms with Crippen molar-refractivity contribution < 1.29 is 13.9 Å². The lowest BCUT2D eigenvalue weighted by atomic mass is 10.1. The molecule has 5 heteroatoms. The molecule has 1 atom stereocenters. The van der Waals surface area contributed by atoms with E-state index in [1.165, 1.54) is 13.4 Å². The second-order valence-corrected chi connectivity index (χ2v) is 4.18. The Bertz CT molecular complexity index is 537. The summed E-state index contributed by atoms with van der Waals surface area (Å²) < 4.78 is 9.91. The molecule has 0 spiro atoms. The van der Waals surface area contributed by atoms with Crippen molar-refractivity contribution in [2.75, 3.05) is 7.11 Å². The van der Waals surface area contributed by atoms with Gasteiger partial charge >= 0.3 is 5.97 Å². The fourth-order valence-corrected chi connectivity index (χ4v) is 1.70. The topological polar surface area (TPSA) is 64.4 Å². The first-order valence-electron chi connectivity index (χ1n) is 5.99. The van der Waals surface area contributed by atoms with E-state index < -0.39 is 5.97 Å². The number of hydrogen-bond donors (Lipinski definition) is 1. The Balaban J connectivity index is 1.92. The summed E-state index contributed by atoms with van der Waals surface area (Å²) >= 11 is 0. The molecule has 100 valence electrons. The van der Waals surface area contributed by atoms with Gasteiger partial charge in [-0.3, -0.25) is 4.98 Å². The first-order chi connectivity index (χ1) is 9.20. The van der Waals surface area contributed by atoms with E-state index in [-0.39, 0.29) is 6.04 Å². The zero-order valence-corrected chi connectivity index (χ0v) is 10.9. The van der Waals surface area contributed by atoms with Crippen molar-refractivity contribution in [1.82, 2.24) is 10.3 Å². The molecule has 0 saturated carbocycles. The van der Waals surface area contributed by atoms with Crippen molar-refractivity contribution in [1.29, 1.82) is 0 Å². The first-order valence-corrected chi connectivity index (χ1v) is 5.99. The van der Waals surface area contributed by atoms with Gasteiger partial charge in [-0.15, -0.1) is 0 Å². The molecule has 0 amide bonds. The molecule has 2 heterocycles. The van der Waals surface area contributed by atoms with Crippen LogP contribution in [0.3, 0.4) is 0 Å². The number of pyridine rings is 1. The van der Waals surface area contributed by atoms with E-state index in [2.05, 4.69) is 15.0 Å². The Kier molecular flexibility index (Phi) is 4.30. The number of esters is 1. The highest BCUT2D eigenvalue weighted by Crippen LogP contribution is 2.13. The fraction of sp³-hybridized carbons (Fsp3) is 0.286. The lowest BCUT2D eigenvalue weighted by Crippen LogP contribution is -2.17. The highest BCUT2D eigenvalue weighted by atomic mass is 16.5. The van der Waals surface area contributed by atoms with Crippen molar-refractivity contribution in [3.05, 3.63) is 53.7 Å². The van der Waals surface area contributed by atoms with Gasteiger partial charge in [-0.05, 0) is 24.6 Å². The van der Waals surface area contributed by atoms with Crippen molar-refractivity contribution in [2.45, 2.75) is 19.5 Å². The van der Waals surface area contributed by atoms with Gasteiger partial charge < -0.3 is 14.5 Å². The second-order valence-electron chi connectivity index (χ2n) is 4.18. The number of methoxy groups -OCH3 is 1. The third kappa shape index (κ3) is 3.42. The van der Waals surface area contributed by atoms with Crippen LogP contribution in [0.2, 0.25) is 0 Å². The smallest absolute Gasteiger partial charge is 0.341 e. The molecule has 0 aromatic carbocycles. The van der Waals surface area contributed by atoms with Gasteiger partial charge in [0.1, 0.15) is 12.0 Å². The Morgan fingerprint density at radius 1 is 1.58 bits per heavy atom. The van der Waals surface area contributed by atoms with E-state index in [1.807, 2.05) is 25.3 Å². The van der Waals surface area contributed by atoms with Gasteiger partial charge in [-0.1, -0.05) is 6.07 Å². The molecule has 0 unspecified atom stereocenters. The summed E-state index contributed by atoms with van der Waals surface area (Å²) in [4.78, 5) is 15.3. The molecule has 19 heavy (non-hydrogen) atoms. The standard InChI is InChI=1S/C14H16N2O3/c1-10(11-4-3-5-15-7-11)16-8-13-6-12(9-19-13)14(17)18-2/h3-7,9-10,16H,8H2,1-2H3/t10-/m0/s1. The largest absolute Gasteiger partial charge is 0.467 e. The molecule has 0 saturated heterocycles. The van der Waals surface area contributed by atoms with E-state index in [0.717, 1.165) is 5.56 Å².